The van der Waals surface area contributed by atoms with Crippen molar-refractivity contribution >= 4 is 5.91 Å². The van der Waals surface area contributed by atoms with Crippen molar-refractivity contribution in [3.8, 4) is 0 Å². The maximum Gasteiger partial charge on any atom is 0.222 e. The van der Waals surface area contributed by atoms with Gasteiger partial charge in [-0.25, -0.2) is 0 Å². The number of rotatable bonds is 5. The van der Waals surface area contributed by atoms with Crippen LogP contribution in [0.3, 0.4) is 0 Å². The summed E-state index contributed by atoms with van der Waals surface area (Å²) in [6, 6.07) is 0.428. The van der Waals surface area contributed by atoms with E-state index in [4.69, 9.17) is 5.73 Å². The molecule has 1 atom stereocenters. The fourth-order valence-corrected chi connectivity index (χ4v) is 3.77. The molecule has 2 fully saturated rings. The summed E-state index contributed by atoms with van der Waals surface area (Å²) >= 11 is 0. The van der Waals surface area contributed by atoms with E-state index in [9.17, 15) is 4.79 Å². The third-order valence-corrected chi connectivity index (χ3v) is 4.94. The Balaban J connectivity index is 1.76. The number of likely N-dealkylation sites (tertiary alicyclic amines) is 1. The zero-order valence-corrected chi connectivity index (χ0v) is 12.3. The first-order valence-electron chi connectivity index (χ1n) is 8.31. The topological polar surface area (TPSA) is 46.3 Å². The number of nitrogens with zero attached hydrogens (tertiary/aromatic N) is 1. The molecule has 3 nitrogen and oxygen atoms in total. The van der Waals surface area contributed by atoms with Gasteiger partial charge < -0.3 is 10.6 Å². The van der Waals surface area contributed by atoms with E-state index >= 15 is 0 Å². The molecule has 2 N–H and O–H groups in total. The molecule has 2 rings (SSSR count). The fraction of sp³-hybridized carbons (Fsp3) is 0.938. The number of carbonyl (C=O) groups is 1. The van der Waals surface area contributed by atoms with Crippen LogP contribution in [0.15, 0.2) is 0 Å². The second kappa shape index (κ2) is 7.88. The summed E-state index contributed by atoms with van der Waals surface area (Å²) in [5, 5.41) is 0. The lowest BCUT2D eigenvalue weighted by molar-refractivity contribution is -0.135. The Hall–Kier alpha value is -0.570. The molecule has 0 spiro atoms. The highest BCUT2D eigenvalue weighted by atomic mass is 16.2. The average Bonchev–Trinajstić information content (AvgIpc) is 2.47. The van der Waals surface area contributed by atoms with Crippen molar-refractivity contribution in [2.24, 2.45) is 11.7 Å². The fourth-order valence-electron chi connectivity index (χ4n) is 3.77. The number of hydrogen-bond donors (Lipinski definition) is 1. The predicted octanol–water partition coefficient (Wildman–Crippen LogP) is 3.08. The van der Waals surface area contributed by atoms with Gasteiger partial charge in [-0.1, -0.05) is 32.1 Å². The first-order chi connectivity index (χ1) is 9.31. The first kappa shape index (κ1) is 14.8. The van der Waals surface area contributed by atoms with Gasteiger partial charge in [-0.2, -0.15) is 0 Å². The molecule has 0 bridgehead atoms. The second-order valence-electron chi connectivity index (χ2n) is 6.36. The van der Waals surface area contributed by atoms with Crippen LogP contribution in [0.4, 0.5) is 0 Å². The second-order valence-corrected chi connectivity index (χ2v) is 6.36. The zero-order chi connectivity index (χ0) is 13.5. The van der Waals surface area contributed by atoms with Gasteiger partial charge in [0.1, 0.15) is 0 Å². The van der Waals surface area contributed by atoms with Crippen molar-refractivity contribution in [3.05, 3.63) is 0 Å². The van der Waals surface area contributed by atoms with Crippen LogP contribution in [0.2, 0.25) is 0 Å². The van der Waals surface area contributed by atoms with Crippen molar-refractivity contribution in [2.45, 2.75) is 76.7 Å². The number of amides is 1. The minimum Gasteiger partial charge on any atom is -0.340 e. The molecule has 1 saturated carbocycles. The van der Waals surface area contributed by atoms with Crippen molar-refractivity contribution in [3.63, 3.8) is 0 Å². The number of hydrogen-bond acceptors (Lipinski definition) is 2. The van der Waals surface area contributed by atoms with E-state index in [1.165, 1.54) is 44.9 Å². The van der Waals surface area contributed by atoms with Crippen LogP contribution >= 0.6 is 0 Å². The molecule has 1 unspecified atom stereocenters. The Kier molecular flexibility index (Phi) is 6.15. The molecule has 1 saturated heterocycles. The molecular formula is C16H30N2O. The van der Waals surface area contributed by atoms with Gasteiger partial charge in [0.05, 0.1) is 0 Å². The number of carbonyl (C=O) groups excluding carboxylic acids is 1. The Morgan fingerprint density at radius 2 is 1.74 bits per heavy atom. The van der Waals surface area contributed by atoms with Gasteiger partial charge in [-0.15, -0.1) is 0 Å². The van der Waals surface area contributed by atoms with Gasteiger partial charge >= 0.3 is 0 Å². The van der Waals surface area contributed by atoms with E-state index in [2.05, 4.69) is 4.90 Å². The Bertz CT molecular complexity index is 272. The van der Waals surface area contributed by atoms with Gasteiger partial charge in [0, 0.05) is 19.0 Å². The van der Waals surface area contributed by atoms with Gasteiger partial charge in [0.25, 0.3) is 0 Å². The quantitative estimate of drug-likeness (QED) is 0.831. The smallest absolute Gasteiger partial charge is 0.222 e. The molecule has 1 aliphatic heterocycles. The normalized spacial score (nSPS) is 25.5. The van der Waals surface area contributed by atoms with E-state index < -0.39 is 0 Å². The summed E-state index contributed by atoms with van der Waals surface area (Å²) < 4.78 is 0. The van der Waals surface area contributed by atoms with Crippen LogP contribution in [-0.4, -0.2) is 29.9 Å². The van der Waals surface area contributed by atoms with E-state index in [1.54, 1.807) is 0 Å². The van der Waals surface area contributed by atoms with Crippen LogP contribution in [0.25, 0.3) is 0 Å². The lowest BCUT2D eigenvalue weighted by Gasteiger charge is -2.36. The van der Waals surface area contributed by atoms with Crippen LogP contribution in [0.1, 0.15) is 70.6 Å². The summed E-state index contributed by atoms with van der Waals surface area (Å²) in [7, 11) is 0. The van der Waals surface area contributed by atoms with Crippen molar-refractivity contribution in [1.29, 1.82) is 0 Å². The van der Waals surface area contributed by atoms with Gasteiger partial charge in [-0.3, -0.25) is 4.79 Å². The van der Waals surface area contributed by atoms with Crippen molar-refractivity contribution in [1.82, 2.24) is 4.90 Å². The van der Waals surface area contributed by atoms with Crippen molar-refractivity contribution in [2.75, 3.05) is 13.1 Å². The van der Waals surface area contributed by atoms with Gasteiger partial charge in [-0.05, 0) is 44.6 Å². The molecule has 0 radical (unpaired) electrons. The standard InChI is InChI=1S/C16H30N2O/c17-12-11-15-8-4-5-13-18(15)16(19)10-9-14-6-2-1-3-7-14/h14-15H,1-13,17H2. The molecule has 0 aromatic carbocycles. The molecule has 110 valence electrons. The highest BCUT2D eigenvalue weighted by Gasteiger charge is 2.26. The molecular weight excluding hydrogens is 236 g/mol. The van der Waals surface area contributed by atoms with E-state index in [0.29, 0.717) is 18.5 Å². The Morgan fingerprint density at radius 1 is 1.00 bits per heavy atom. The van der Waals surface area contributed by atoms with E-state index in [0.717, 1.165) is 38.1 Å². The molecule has 0 aromatic heterocycles. The largest absolute Gasteiger partial charge is 0.340 e. The SMILES string of the molecule is NCCC1CCCCN1C(=O)CCC1CCCCC1. The first-order valence-corrected chi connectivity index (χ1v) is 8.31. The van der Waals surface area contributed by atoms with E-state index in [-0.39, 0.29) is 0 Å². The number of nitrogens with two attached hydrogens (primary N) is 1. The maximum atomic E-state index is 12.4. The van der Waals surface area contributed by atoms with Gasteiger partial charge in [0.15, 0.2) is 0 Å². The third kappa shape index (κ3) is 4.48. The molecule has 19 heavy (non-hydrogen) atoms. The minimum absolute atomic E-state index is 0.392. The lowest BCUT2D eigenvalue weighted by atomic mass is 9.86. The maximum absolute atomic E-state index is 12.4. The van der Waals surface area contributed by atoms with E-state index in [1.807, 2.05) is 0 Å². The molecule has 1 heterocycles. The summed E-state index contributed by atoms with van der Waals surface area (Å²) in [6.07, 6.45) is 13.3. The Morgan fingerprint density at radius 3 is 2.47 bits per heavy atom. The summed E-state index contributed by atoms with van der Waals surface area (Å²) in [6.45, 7) is 1.67. The van der Waals surface area contributed by atoms with Crippen LogP contribution in [0, 0.1) is 5.92 Å². The molecule has 2 aliphatic rings. The monoisotopic (exact) mass is 266 g/mol. The zero-order valence-electron chi connectivity index (χ0n) is 12.3. The highest BCUT2D eigenvalue weighted by Crippen LogP contribution is 2.28. The molecule has 1 amide bonds. The lowest BCUT2D eigenvalue weighted by Crippen LogP contribution is -2.44. The summed E-state index contributed by atoms with van der Waals surface area (Å²) in [5.74, 6) is 1.21. The van der Waals surface area contributed by atoms with Crippen LogP contribution in [-0.2, 0) is 4.79 Å². The Labute approximate surface area is 117 Å². The van der Waals surface area contributed by atoms with Gasteiger partial charge in [0.2, 0.25) is 5.91 Å². The number of piperidine rings is 1. The average molecular weight is 266 g/mol. The minimum atomic E-state index is 0.392. The van der Waals surface area contributed by atoms with Crippen molar-refractivity contribution < 1.29 is 4.79 Å². The molecule has 1 aliphatic carbocycles. The highest BCUT2D eigenvalue weighted by molar-refractivity contribution is 5.76. The predicted molar refractivity (Wildman–Crippen MR) is 78.8 cm³/mol. The van der Waals surface area contributed by atoms with Crippen LogP contribution < -0.4 is 5.73 Å². The molecule has 3 heteroatoms. The van der Waals surface area contributed by atoms with Crippen LogP contribution in [0.5, 0.6) is 0 Å². The molecule has 0 aromatic rings. The summed E-state index contributed by atoms with van der Waals surface area (Å²) in [5.41, 5.74) is 5.67. The summed E-state index contributed by atoms with van der Waals surface area (Å²) in [4.78, 5) is 14.5. The third-order valence-electron chi connectivity index (χ3n) is 4.94.